The zero-order valence-electron chi connectivity index (χ0n) is 10.8. The van der Waals surface area contributed by atoms with Crippen LogP contribution in [0.2, 0.25) is 0 Å². The number of carbonyl (C=O) groups excluding carboxylic acids is 1. The molecule has 1 fully saturated rings. The van der Waals surface area contributed by atoms with E-state index in [0.717, 1.165) is 25.7 Å². The van der Waals surface area contributed by atoms with E-state index < -0.39 is 11.9 Å². The Morgan fingerprint density at radius 3 is 2.42 bits per heavy atom. The maximum absolute atomic E-state index is 12.1. The highest BCUT2D eigenvalue weighted by Gasteiger charge is 2.30. The number of benzene rings is 1. The van der Waals surface area contributed by atoms with Crippen molar-refractivity contribution in [3.05, 3.63) is 35.9 Å². The average Bonchev–Trinajstić information content (AvgIpc) is 2.65. The summed E-state index contributed by atoms with van der Waals surface area (Å²) in [6.45, 7) is 0. The van der Waals surface area contributed by atoms with Crippen molar-refractivity contribution < 1.29 is 14.7 Å². The normalized spacial score (nSPS) is 23.4. The monoisotopic (exact) mass is 261 g/mol. The summed E-state index contributed by atoms with van der Waals surface area (Å²) in [5.74, 6) is -1.45. The number of amides is 1. The van der Waals surface area contributed by atoms with Crippen molar-refractivity contribution in [1.82, 2.24) is 5.32 Å². The Hall–Kier alpha value is -1.84. The second-order valence-corrected chi connectivity index (χ2v) is 5.03. The van der Waals surface area contributed by atoms with Crippen LogP contribution in [-0.4, -0.2) is 23.0 Å². The molecule has 2 N–H and O–H groups in total. The van der Waals surface area contributed by atoms with Gasteiger partial charge in [0.1, 0.15) is 0 Å². The number of carbonyl (C=O) groups is 2. The Labute approximate surface area is 112 Å². The third-order valence-corrected chi connectivity index (χ3v) is 3.69. The fourth-order valence-corrected chi connectivity index (χ4v) is 2.62. The molecule has 1 aromatic rings. The van der Waals surface area contributed by atoms with Gasteiger partial charge in [-0.3, -0.25) is 9.59 Å². The molecule has 0 spiro atoms. The molecule has 0 unspecified atom stereocenters. The number of rotatable bonds is 3. The minimum atomic E-state index is -0.805. The minimum Gasteiger partial charge on any atom is -0.481 e. The lowest BCUT2D eigenvalue weighted by atomic mass is 9.94. The van der Waals surface area contributed by atoms with Gasteiger partial charge >= 0.3 is 5.97 Å². The molecule has 2 rings (SSSR count). The summed E-state index contributed by atoms with van der Waals surface area (Å²) in [6, 6.07) is 8.67. The molecule has 0 aromatic heterocycles. The number of nitrogens with one attached hydrogen (secondary N) is 1. The third-order valence-electron chi connectivity index (χ3n) is 3.69. The second kappa shape index (κ2) is 6.36. The Morgan fingerprint density at radius 1 is 1.05 bits per heavy atom. The fourth-order valence-electron chi connectivity index (χ4n) is 2.62. The molecule has 1 amide bonds. The SMILES string of the molecule is O=C(N[C@H]1CCCCC[C@@H]1C(=O)O)c1ccccc1. The van der Waals surface area contributed by atoms with Gasteiger partial charge in [-0.1, -0.05) is 37.5 Å². The zero-order valence-corrected chi connectivity index (χ0v) is 10.8. The van der Waals surface area contributed by atoms with Crippen LogP contribution in [0.3, 0.4) is 0 Å². The molecular formula is C15H19NO3. The smallest absolute Gasteiger partial charge is 0.308 e. The second-order valence-electron chi connectivity index (χ2n) is 5.03. The van der Waals surface area contributed by atoms with Crippen molar-refractivity contribution in [2.24, 2.45) is 5.92 Å². The highest BCUT2D eigenvalue weighted by molar-refractivity contribution is 5.94. The first-order valence-electron chi connectivity index (χ1n) is 6.77. The van der Waals surface area contributed by atoms with Crippen LogP contribution in [0.5, 0.6) is 0 Å². The average molecular weight is 261 g/mol. The molecular weight excluding hydrogens is 242 g/mol. The van der Waals surface area contributed by atoms with Crippen LogP contribution in [-0.2, 0) is 4.79 Å². The van der Waals surface area contributed by atoms with Gasteiger partial charge < -0.3 is 10.4 Å². The molecule has 0 saturated heterocycles. The highest BCUT2D eigenvalue weighted by atomic mass is 16.4. The van der Waals surface area contributed by atoms with E-state index in [1.807, 2.05) is 6.07 Å². The molecule has 1 saturated carbocycles. The topological polar surface area (TPSA) is 66.4 Å². The summed E-state index contributed by atoms with van der Waals surface area (Å²) >= 11 is 0. The van der Waals surface area contributed by atoms with E-state index in [1.54, 1.807) is 24.3 Å². The van der Waals surface area contributed by atoms with E-state index >= 15 is 0 Å². The first-order valence-corrected chi connectivity index (χ1v) is 6.77. The summed E-state index contributed by atoms with van der Waals surface area (Å²) in [6.07, 6.45) is 4.34. The number of carboxylic acids is 1. The number of hydrogen-bond acceptors (Lipinski definition) is 2. The van der Waals surface area contributed by atoms with E-state index in [2.05, 4.69) is 5.32 Å². The van der Waals surface area contributed by atoms with Crippen molar-refractivity contribution in [3.63, 3.8) is 0 Å². The summed E-state index contributed by atoms with van der Waals surface area (Å²) in [5, 5.41) is 12.2. The lowest BCUT2D eigenvalue weighted by molar-refractivity contribution is -0.142. The van der Waals surface area contributed by atoms with Gasteiger partial charge in [-0.2, -0.15) is 0 Å². The van der Waals surface area contributed by atoms with Crippen LogP contribution in [0, 0.1) is 5.92 Å². The van der Waals surface area contributed by atoms with Gasteiger partial charge in [-0.15, -0.1) is 0 Å². The van der Waals surface area contributed by atoms with Gasteiger partial charge in [0, 0.05) is 11.6 Å². The standard InChI is InChI=1S/C15H19NO3/c17-14(11-7-3-1-4-8-11)16-13-10-6-2-5-9-12(13)15(18)19/h1,3-4,7-8,12-13H,2,5-6,9-10H2,(H,16,17)(H,18,19)/t12-,13-/m0/s1. The minimum absolute atomic E-state index is 0.182. The molecule has 0 aliphatic heterocycles. The van der Waals surface area contributed by atoms with E-state index in [0.29, 0.717) is 12.0 Å². The van der Waals surface area contributed by atoms with Crippen molar-refractivity contribution in [2.75, 3.05) is 0 Å². The molecule has 0 radical (unpaired) electrons. The quantitative estimate of drug-likeness (QED) is 0.821. The molecule has 2 atom stereocenters. The molecule has 1 aromatic carbocycles. The van der Waals surface area contributed by atoms with Gasteiger partial charge in [0.15, 0.2) is 0 Å². The predicted octanol–water partition coefficient (Wildman–Crippen LogP) is 2.45. The third kappa shape index (κ3) is 3.56. The largest absolute Gasteiger partial charge is 0.481 e. The van der Waals surface area contributed by atoms with E-state index in [9.17, 15) is 14.7 Å². The Balaban J connectivity index is 2.06. The van der Waals surface area contributed by atoms with Crippen LogP contribution < -0.4 is 5.32 Å². The molecule has 4 nitrogen and oxygen atoms in total. The molecule has 4 heteroatoms. The first-order chi connectivity index (χ1) is 9.18. The molecule has 0 bridgehead atoms. The van der Waals surface area contributed by atoms with Crippen LogP contribution in [0.15, 0.2) is 30.3 Å². The maximum atomic E-state index is 12.1. The van der Waals surface area contributed by atoms with Crippen LogP contribution in [0.4, 0.5) is 0 Å². The van der Waals surface area contributed by atoms with Gasteiger partial charge in [0.05, 0.1) is 5.92 Å². The Bertz CT molecular complexity index is 444. The molecule has 1 aliphatic carbocycles. The molecule has 19 heavy (non-hydrogen) atoms. The number of aliphatic carboxylic acids is 1. The van der Waals surface area contributed by atoms with Gasteiger partial charge in [-0.05, 0) is 25.0 Å². The Kier molecular flexibility index (Phi) is 4.55. The highest BCUT2D eigenvalue weighted by Crippen LogP contribution is 2.24. The van der Waals surface area contributed by atoms with Crippen molar-refractivity contribution in [1.29, 1.82) is 0 Å². The van der Waals surface area contributed by atoms with E-state index in [4.69, 9.17) is 0 Å². The van der Waals surface area contributed by atoms with Crippen LogP contribution in [0.1, 0.15) is 42.5 Å². The predicted molar refractivity (Wildman–Crippen MR) is 71.9 cm³/mol. The van der Waals surface area contributed by atoms with Crippen LogP contribution >= 0.6 is 0 Å². The molecule has 0 heterocycles. The van der Waals surface area contributed by atoms with E-state index in [1.165, 1.54) is 0 Å². The van der Waals surface area contributed by atoms with E-state index in [-0.39, 0.29) is 11.9 Å². The summed E-state index contributed by atoms with van der Waals surface area (Å²) in [4.78, 5) is 23.4. The number of carboxylic acid groups (broad SMARTS) is 1. The lowest BCUT2D eigenvalue weighted by Gasteiger charge is -2.22. The maximum Gasteiger partial charge on any atom is 0.308 e. The summed E-state index contributed by atoms with van der Waals surface area (Å²) < 4.78 is 0. The Morgan fingerprint density at radius 2 is 1.74 bits per heavy atom. The van der Waals surface area contributed by atoms with Crippen molar-refractivity contribution >= 4 is 11.9 Å². The van der Waals surface area contributed by atoms with Gasteiger partial charge in [-0.25, -0.2) is 0 Å². The summed E-state index contributed by atoms with van der Waals surface area (Å²) in [7, 11) is 0. The summed E-state index contributed by atoms with van der Waals surface area (Å²) in [5.41, 5.74) is 0.580. The lowest BCUT2D eigenvalue weighted by Crippen LogP contribution is -2.42. The molecule has 102 valence electrons. The fraction of sp³-hybridized carbons (Fsp3) is 0.467. The van der Waals surface area contributed by atoms with Gasteiger partial charge in [0.25, 0.3) is 5.91 Å². The molecule has 1 aliphatic rings. The number of hydrogen-bond donors (Lipinski definition) is 2. The van der Waals surface area contributed by atoms with Crippen molar-refractivity contribution in [2.45, 2.75) is 38.1 Å². The zero-order chi connectivity index (χ0) is 13.7. The first kappa shape index (κ1) is 13.6. The van der Waals surface area contributed by atoms with Crippen LogP contribution in [0.25, 0.3) is 0 Å². The van der Waals surface area contributed by atoms with Gasteiger partial charge in [0.2, 0.25) is 0 Å². The van der Waals surface area contributed by atoms with Crippen molar-refractivity contribution in [3.8, 4) is 0 Å².